The summed E-state index contributed by atoms with van der Waals surface area (Å²) >= 11 is 5.88. The molecule has 0 unspecified atom stereocenters. The third-order valence-corrected chi connectivity index (χ3v) is 3.06. The van der Waals surface area contributed by atoms with Crippen molar-refractivity contribution in [3.63, 3.8) is 0 Å². The average molecular weight is 275 g/mol. The van der Waals surface area contributed by atoms with E-state index in [9.17, 15) is 9.18 Å². The summed E-state index contributed by atoms with van der Waals surface area (Å²) in [5.41, 5.74) is 0.896. The number of halogens is 2. The van der Waals surface area contributed by atoms with Gasteiger partial charge >= 0.3 is 0 Å². The molecule has 0 saturated heterocycles. The van der Waals surface area contributed by atoms with Crippen LogP contribution in [0.3, 0.4) is 0 Å². The Labute approximate surface area is 112 Å². The van der Waals surface area contributed by atoms with Gasteiger partial charge in [-0.05, 0) is 42.5 Å². The molecule has 19 heavy (non-hydrogen) atoms. The highest BCUT2D eigenvalue weighted by molar-refractivity contribution is 6.31. The zero-order valence-electron chi connectivity index (χ0n) is 9.68. The fraction of sp³-hybridized carbons (Fsp3) is 0. The van der Waals surface area contributed by atoms with E-state index >= 15 is 0 Å². The number of fused-ring (bicyclic) bond motifs is 1. The Morgan fingerprint density at radius 2 is 1.84 bits per heavy atom. The first-order valence-corrected chi connectivity index (χ1v) is 5.96. The Kier molecular flexibility index (Phi) is 2.80. The van der Waals surface area contributed by atoms with Crippen molar-refractivity contribution in [3.8, 4) is 5.69 Å². The zero-order chi connectivity index (χ0) is 13.4. The molecule has 0 aliphatic carbocycles. The Morgan fingerprint density at radius 1 is 1.11 bits per heavy atom. The van der Waals surface area contributed by atoms with Crippen LogP contribution in [0.1, 0.15) is 0 Å². The summed E-state index contributed by atoms with van der Waals surface area (Å²) in [5.74, 6) is -0.353. The fourth-order valence-electron chi connectivity index (χ4n) is 1.88. The summed E-state index contributed by atoms with van der Waals surface area (Å²) in [5, 5.41) is 0.905. The molecule has 0 saturated carbocycles. The maximum Gasteiger partial charge on any atom is 0.265 e. The monoisotopic (exact) mass is 274 g/mol. The number of hydrogen-bond donors (Lipinski definition) is 0. The van der Waals surface area contributed by atoms with Crippen molar-refractivity contribution in [2.24, 2.45) is 0 Å². The molecule has 1 heterocycles. The summed E-state index contributed by atoms with van der Waals surface area (Å²) in [6.07, 6.45) is 1.42. The SMILES string of the molecule is O=c1c2cc(Cl)ccc2ncn1-c1ccc(F)cc1. The minimum atomic E-state index is -0.353. The number of nitrogens with zero attached hydrogens (tertiary/aromatic N) is 2. The molecule has 3 aromatic rings. The van der Waals surface area contributed by atoms with Crippen LogP contribution in [0.4, 0.5) is 4.39 Å². The normalized spacial score (nSPS) is 10.8. The van der Waals surface area contributed by atoms with Crippen LogP contribution in [-0.4, -0.2) is 9.55 Å². The maximum atomic E-state index is 12.9. The van der Waals surface area contributed by atoms with E-state index in [4.69, 9.17) is 11.6 Å². The van der Waals surface area contributed by atoms with E-state index in [0.717, 1.165) is 0 Å². The second kappa shape index (κ2) is 4.48. The summed E-state index contributed by atoms with van der Waals surface area (Å²) in [4.78, 5) is 16.5. The van der Waals surface area contributed by atoms with Gasteiger partial charge in [-0.1, -0.05) is 11.6 Å². The van der Waals surface area contributed by atoms with E-state index in [1.807, 2.05) is 0 Å². The van der Waals surface area contributed by atoms with E-state index in [0.29, 0.717) is 21.6 Å². The van der Waals surface area contributed by atoms with E-state index in [-0.39, 0.29) is 11.4 Å². The highest BCUT2D eigenvalue weighted by Gasteiger charge is 2.06. The highest BCUT2D eigenvalue weighted by Crippen LogP contribution is 2.15. The van der Waals surface area contributed by atoms with Crippen LogP contribution < -0.4 is 5.56 Å². The van der Waals surface area contributed by atoms with Gasteiger partial charge in [-0.15, -0.1) is 0 Å². The molecule has 94 valence electrons. The van der Waals surface area contributed by atoms with Gasteiger partial charge in [0.1, 0.15) is 12.1 Å². The third kappa shape index (κ3) is 2.11. The van der Waals surface area contributed by atoms with Gasteiger partial charge in [0.05, 0.1) is 16.6 Å². The van der Waals surface area contributed by atoms with E-state index in [1.165, 1.54) is 35.2 Å². The molecule has 0 aliphatic rings. The summed E-state index contributed by atoms with van der Waals surface area (Å²) < 4.78 is 14.2. The van der Waals surface area contributed by atoms with E-state index < -0.39 is 0 Å². The Bertz CT molecular complexity index is 812. The summed E-state index contributed by atoms with van der Waals surface area (Å²) in [6, 6.07) is 10.6. The van der Waals surface area contributed by atoms with Crippen LogP contribution in [0.25, 0.3) is 16.6 Å². The van der Waals surface area contributed by atoms with Crippen molar-refractivity contribution >= 4 is 22.5 Å². The number of hydrogen-bond acceptors (Lipinski definition) is 2. The molecule has 3 rings (SSSR count). The molecule has 0 aliphatic heterocycles. The molecular formula is C14H8ClFN2O. The lowest BCUT2D eigenvalue weighted by Gasteiger charge is -2.06. The fourth-order valence-corrected chi connectivity index (χ4v) is 2.05. The smallest absolute Gasteiger partial charge is 0.265 e. The standard InChI is InChI=1S/C14H8ClFN2O/c15-9-1-6-13-12(7-9)14(19)18(8-17-13)11-4-2-10(16)3-5-11/h1-8H. The van der Waals surface area contributed by atoms with E-state index in [1.54, 1.807) is 18.2 Å². The molecule has 3 nitrogen and oxygen atoms in total. The lowest BCUT2D eigenvalue weighted by Crippen LogP contribution is -2.18. The minimum Gasteiger partial charge on any atom is -0.268 e. The van der Waals surface area contributed by atoms with Crippen LogP contribution in [0.2, 0.25) is 5.02 Å². The van der Waals surface area contributed by atoms with Crippen molar-refractivity contribution in [2.45, 2.75) is 0 Å². The van der Waals surface area contributed by atoms with Crippen LogP contribution in [0.5, 0.6) is 0 Å². The second-order valence-electron chi connectivity index (χ2n) is 4.06. The van der Waals surface area contributed by atoms with Crippen LogP contribution >= 0.6 is 11.6 Å². The van der Waals surface area contributed by atoms with Crippen molar-refractivity contribution in [1.29, 1.82) is 0 Å². The zero-order valence-corrected chi connectivity index (χ0v) is 10.4. The van der Waals surface area contributed by atoms with Gasteiger partial charge in [-0.2, -0.15) is 0 Å². The Morgan fingerprint density at radius 3 is 2.58 bits per heavy atom. The van der Waals surface area contributed by atoms with Crippen molar-refractivity contribution in [3.05, 3.63) is 70.0 Å². The summed E-state index contributed by atoms with van der Waals surface area (Å²) in [7, 11) is 0. The van der Waals surface area contributed by atoms with Crippen LogP contribution in [0.15, 0.2) is 53.6 Å². The molecular weight excluding hydrogens is 267 g/mol. The molecule has 0 spiro atoms. The van der Waals surface area contributed by atoms with Gasteiger partial charge in [-0.25, -0.2) is 9.37 Å². The van der Waals surface area contributed by atoms with E-state index in [2.05, 4.69) is 4.98 Å². The molecule has 0 bridgehead atoms. The van der Waals surface area contributed by atoms with Gasteiger partial charge in [0.2, 0.25) is 0 Å². The number of benzene rings is 2. The first kappa shape index (κ1) is 11.9. The summed E-state index contributed by atoms with van der Waals surface area (Å²) in [6.45, 7) is 0. The topological polar surface area (TPSA) is 34.9 Å². The lowest BCUT2D eigenvalue weighted by molar-refractivity contribution is 0.627. The predicted molar refractivity (Wildman–Crippen MR) is 72.3 cm³/mol. The number of aromatic nitrogens is 2. The van der Waals surface area contributed by atoms with Gasteiger partial charge in [0.25, 0.3) is 5.56 Å². The average Bonchev–Trinajstić information content (AvgIpc) is 2.41. The molecule has 1 aromatic heterocycles. The molecule has 2 aromatic carbocycles. The van der Waals surface area contributed by atoms with Gasteiger partial charge in [0.15, 0.2) is 0 Å². The van der Waals surface area contributed by atoms with Crippen molar-refractivity contribution in [1.82, 2.24) is 9.55 Å². The number of rotatable bonds is 1. The van der Waals surface area contributed by atoms with Gasteiger partial charge < -0.3 is 0 Å². The Hall–Kier alpha value is -2.20. The molecule has 0 amide bonds. The predicted octanol–water partition coefficient (Wildman–Crippen LogP) is 3.18. The maximum absolute atomic E-state index is 12.9. The lowest BCUT2D eigenvalue weighted by atomic mass is 10.2. The largest absolute Gasteiger partial charge is 0.268 e. The third-order valence-electron chi connectivity index (χ3n) is 2.82. The molecule has 0 fully saturated rings. The minimum absolute atomic E-state index is 0.237. The van der Waals surface area contributed by atoms with Crippen molar-refractivity contribution < 1.29 is 4.39 Å². The first-order valence-electron chi connectivity index (χ1n) is 5.58. The van der Waals surface area contributed by atoms with Crippen molar-refractivity contribution in [2.75, 3.05) is 0 Å². The molecule has 0 N–H and O–H groups in total. The highest BCUT2D eigenvalue weighted by atomic mass is 35.5. The molecule has 5 heteroatoms. The van der Waals surface area contributed by atoms with Crippen LogP contribution in [0, 0.1) is 5.82 Å². The Balaban J connectivity index is 2.28. The molecule has 0 atom stereocenters. The molecule has 0 radical (unpaired) electrons. The van der Waals surface area contributed by atoms with Crippen LogP contribution in [-0.2, 0) is 0 Å². The quantitative estimate of drug-likeness (QED) is 0.683. The first-order chi connectivity index (χ1) is 9.15. The second-order valence-corrected chi connectivity index (χ2v) is 4.49. The van der Waals surface area contributed by atoms with Gasteiger partial charge in [0, 0.05) is 5.02 Å². The van der Waals surface area contributed by atoms with Gasteiger partial charge in [-0.3, -0.25) is 9.36 Å².